The fourth-order valence-electron chi connectivity index (χ4n) is 2.28. The molecule has 1 aromatic carbocycles. The number of rotatable bonds is 3. The van der Waals surface area contributed by atoms with E-state index in [1.165, 1.54) is 6.42 Å². The van der Waals surface area contributed by atoms with E-state index in [1.54, 1.807) is 19.2 Å². The van der Waals surface area contributed by atoms with E-state index >= 15 is 0 Å². The molecule has 1 fully saturated rings. The first-order valence-corrected chi connectivity index (χ1v) is 6.11. The van der Waals surface area contributed by atoms with E-state index in [4.69, 9.17) is 21.6 Å². The van der Waals surface area contributed by atoms with E-state index in [1.807, 2.05) is 6.07 Å². The minimum atomic E-state index is 0.268. The van der Waals surface area contributed by atoms with Crippen LogP contribution in [0.4, 0.5) is 5.69 Å². The summed E-state index contributed by atoms with van der Waals surface area (Å²) in [5.74, 6) is 0. The van der Waals surface area contributed by atoms with Gasteiger partial charge in [-0.3, -0.25) is 0 Å². The number of hydrogen-bond acceptors (Lipinski definition) is 3. The smallest absolute Gasteiger partial charge is 0.101 e. The molecule has 0 aliphatic heterocycles. The molecule has 0 bridgehead atoms. The fourth-order valence-corrected chi connectivity index (χ4v) is 2.51. The summed E-state index contributed by atoms with van der Waals surface area (Å²) < 4.78 is 5.42. The normalized spacial score (nSPS) is 23.4. The van der Waals surface area contributed by atoms with Crippen LogP contribution >= 0.6 is 11.6 Å². The summed E-state index contributed by atoms with van der Waals surface area (Å²) in [4.78, 5) is 0. The molecule has 0 amide bonds. The highest BCUT2D eigenvalue weighted by molar-refractivity contribution is 6.32. The van der Waals surface area contributed by atoms with Crippen molar-refractivity contribution in [3.63, 3.8) is 0 Å². The average molecular weight is 251 g/mol. The first kappa shape index (κ1) is 12.2. The second-order valence-electron chi connectivity index (χ2n) is 4.26. The van der Waals surface area contributed by atoms with Crippen LogP contribution in [0.15, 0.2) is 18.2 Å². The molecule has 17 heavy (non-hydrogen) atoms. The predicted octanol–water partition coefficient (Wildman–Crippen LogP) is 3.19. The van der Waals surface area contributed by atoms with Crippen molar-refractivity contribution in [2.45, 2.75) is 31.4 Å². The van der Waals surface area contributed by atoms with Gasteiger partial charge in [0.1, 0.15) is 6.07 Å². The molecule has 4 heteroatoms. The lowest BCUT2D eigenvalue weighted by molar-refractivity contribution is 0.101. The summed E-state index contributed by atoms with van der Waals surface area (Å²) in [5, 5.41) is 12.7. The van der Waals surface area contributed by atoms with Crippen LogP contribution in [0.3, 0.4) is 0 Å². The van der Waals surface area contributed by atoms with E-state index in [0.717, 1.165) is 18.5 Å². The van der Waals surface area contributed by atoms with Crippen molar-refractivity contribution in [3.05, 3.63) is 28.8 Å². The van der Waals surface area contributed by atoms with Gasteiger partial charge in [-0.1, -0.05) is 11.6 Å². The van der Waals surface area contributed by atoms with Crippen molar-refractivity contribution in [1.29, 1.82) is 5.26 Å². The van der Waals surface area contributed by atoms with Gasteiger partial charge in [0, 0.05) is 12.8 Å². The maximum Gasteiger partial charge on any atom is 0.101 e. The third-order valence-electron chi connectivity index (χ3n) is 3.20. The Morgan fingerprint density at radius 2 is 2.29 bits per heavy atom. The van der Waals surface area contributed by atoms with Crippen molar-refractivity contribution < 1.29 is 4.74 Å². The number of benzene rings is 1. The maximum atomic E-state index is 8.80. The molecule has 2 rings (SSSR count). The van der Waals surface area contributed by atoms with Crippen molar-refractivity contribution in [2.24, 2.45) is 0 Å². The van der Waals surface area contributed by atoms with E-state index in [9.17, 15) is 0 Å². The van der Waals surface area contributed by atoms with Crippen LogP contribution in [0, 0.1) is 11.3 Å². The highest BCUT2D eigenvalue weighted by Gasteiger charge is 2.26. The topological polar surface area (TPSA) is 45.0 Å². The molecule has 90 valence electrons. The molecule has 0 heterocycles. The Balaban J connectivity index is 2.09. The molecule has 0 radical (unpaired) electrons. The Morgan fingerprint density at radius 1 is 1.47 bits per heavy atom. The minimum absolute atomic E-state index is 0.268. The van der Waals surface area contributed by atoms with E-state index in [0.29, 0.717) is 16.6 Å². The van der Waals surface area contributed by atoms with Crippen molar-refractivity contribution in [2.75, 3.05) is 12.4 Å². The summed E-state index contributed by atoms with van der Waals surface area (Å²) in [6, 6.07) is 7.81. The number of nitrogens with one attached hydrogen (secondary N) is 1. The molecule has 2 unspecified atom stereocenters. The summed E-state index contributed by atoms with van der Waals surface area (Å²) >= 11 is 5.99. The molecule has 1 saturated carbocycles. The Morgan fingerprint density at radius 3 is 2.94 bits per heavy atom. The zero-order chi connectivity index (χ0) is 12.3. The number of hydrogen-bond donors (Lipinski definition) is 1. The molecule has 2 atom stereocenters. The van der Waals surface area contributed by atoms with Crippen molar-refractivity contribution in [1.82, 2.24) is 0 Å². The lowest BCUT2D eigenvalue weighted by Gasteiger charge is -2.21. The molecule has 0 spiro atoms. The van der Waals surface area contributed by atoms with Crippen LogP contribution in [-0.2, 0) is 4.74 Å². The average Bonchev–Trinajstić information content (AvgIpc) is 2.76. The second kappa shape index (κ2) is 5.39. The van der Waals surface area contributed by atoms with Gasteiger partial charge in [0.15, 0.2) is 0 Å². The molecule has 3 nitrogen and oxygen atoms in total. The first-order chi connectivity index (χ1) is 8.24. The maximum absolute atomic E-state index is 8.80. The largest absolute Gasteiger partial charge is 0.380 e. The number of ether oxygens (including phenoxy) is 1. The monoisotopic (exact) mass is 250 g/mol. The van der Waals surface area contributed by atoms with Gasteiger partial charge in [-0.05, 0) is 37.5 Å². The molecular formula is C13H15ClN2O. The summed E-state index contributed by atoms with van der Waals surface area (Å²) in [6.07, 6.45) is 3.65. The van der Waals surface area contributed by atoms with E-state index in [2.05, 4.69) is 11.4 Å². The van der Waals surface area contributed by atoms with Crippen LogP contribution in [-0.4, -0.2) is 19.3 Å². The van der Waals surface area contributed by atoms with Gasteiger partial charge in [0.25, 0.3) is 0 Å². The van der Waals surface area contributed by atoms with E-state index < -0.39 is 0 Å². The van der Waals surface area contributed by atoms with Gasteiger partial charge < -0.3 is 10.1 Å². The van der Waals surface area contributed by atoms with Crippen LogP contribution in [0.2, 0.25) is 5.02 Å². The SMILES string of the molecule is COC1CCCC1Nc1ccc(C#N)c(Cl)c1. The summed E-state index contributed by atoms with van der Waals surface area (Å²) in [6.45, 7) is 0. The van der Waals surface area contributed by atoms with E-state index in [-0.39, 0.29) is 6.10 Å². The quantitative estimate of drug-likeness (QED) is 0.896. The van der Waals surface area contributed by atoms with Crippen LogP contribution in [0.1, 0.15) is 24.8 Å². The molecule has 1 N–H and O–H groups in total. The molecule has 1 aromatic rings. The summed E-state index contributed by atoms with van der Waals surface area (Å²) in [7, 11) is 1.75. The number of nitrogens with zero attached hydrogens (tertiary/aromatic N) is 1. The Labute approximate surface area is 106 Å². The third kappa shape index (κ3) is 2.71. The Kier molecular flexibility index (Phi) is 3.88. The molecule has 1 aliphatic rings. The van der Waals surface area contributed by atoms with Gasteiger partial charge in [0.05, 0.1) is 22.7 Å². The van der Waals surface area contributed by atoms with Gasteiger partial charge in [0.2, 0.25) is 0 Å². The highest BCUT2D eigenvalue weighted by Crippen LogP contribution is 2.27. The summed E-state index contributed by atoms with van der Waals surface area (Å²) in [5.41, 5.74) is 1.45. The minimum Gasteiger partial charge on any atom is -0.380 e. The number of nitriles is 1. The lowest BCUT2D eigenvalue weighted by Crippen LogP contribution is -2.29. The first-order valence-electron chi connectivity index (χ1n) is 5.73. The fraction of sp³-hybridized carbons (Fsp3) is 0.462. The third-order valence-corrected chi connectivity index (χ3v) is 3.51. The van der Waals surface area contributed by atoms with Crippen LogP contribution in [0.5, 0.6) is 0 Å². The van der Waals surface area contributed by atoms with Gasteiger partial charge in [-0.15, -0.1) is 0 Å². The van der Waals surface area contributed by atoms with Crippen molar-refractivity contribution in [3.8, 4) is 6.07 Å². The zero-order valence-electron chi connectivity index (χ0n) is 9.74. The molecule has 0 saturated heterocycles. The Hall–Kier alpha value is -1.24. The van der Waals surface area contributed by atoms with Gasteiger partial charge in [-0.25, -0.2) is 0 Å². The van der Waals surface area contributed by atoms with Crippen molar-refractivity contribution >= 4 is 17.3 Å². The van der Waals surface area contributed by atoms with Gasteiger partial charge >= 0.3 is 0 Å². The van der Waals surface area contributed by atoms with Crippen LogP contribution in [0.25, 0.3) is 0 Å². The van der Waals surface area contributed by atoms with Gasteiger partial charge in [-0.2, -0.15) is 5.26 Å². The highest BCUT2D eigenvalue weighted by atomic mass is 35.5. The standard InChI is InChI=1S/C13H15ClN2O/c1-17-13-4-2-3-12(13)16-10-6-5-9(8-15)11(14)7-10/h5-7,12-13,16H,2-4H2,1H3. The molecule has 1 aliphatic carbocycles. The number of anilines is 1. The predicted molar refractivity (Wildman–Crippen MR) is 68.2 cm³/mol. The number of methoxy groups -OCH3 is 1. The van der Waals surface area contributed by atoms with Crippen LogP contribution < -0.4 is 5.32 Å². The second-order valence-corrected chi connectivity index (χ2v) is 4.67. The lowest BCUT2D eigenvalue weighted by atomic mass is 10.1. The number of halogens is 1. The molecular weight excluding hydrogens is 236 g/mol. The molecule has 0 aromatic heterocycles. The Bertz CT molecular complexity index is 442. The zero-order valence-corrected chi connectivity index (χ0v) is 10.5.